The molecule has 0 spiro atoms. The number of nitrogen functional groups attached to an aromatic ring is 1. The number of fused-ring (bicyclic) bond motifs is 3. The smallest absolute Gasteiger partial charge is 0.319 e. The molecule has 2 aromatic carbocycles. The van der Waals surface area contributed by atoms with E-state index in [1.807, 2.05) is 6.07 Å². The summed E-state index contributed by atoms with van der Waals surface area (Å²) in [5.74, 6) is -1.29. The lowest BCUT2D eigenvalue weighted by atomic mass is 9.35. The van der Waals surface area contributed by atoms with Gasteiger partial charge in [0.15, 0.2) is 5.82 Å². The summed E-state index contributed by atoms with van der Waals surface area (Å²) in [7, 11) is 1.39. The Morgan fingerprint density at radius 3 is 2.83 bits per heavy atom. The minimum absolute atomic E-state index is 0.00692. The maximum atomic E-state index is 16.8. The number of rotatable bonds is 8. The molecule has 2 saturated heterocycles. The van der Waals surface area contributed by atoms with Crippen LogP contribution in [-0.2, 0) is 9.53 Å². The van der Waals surface area contributed by atoms with E-state index in [4.69, 9.17) is 26.8 Å². The summed E-state index contributed by atoms with van der Waals surface area (Å²) in [5, 5.41) is 13.8. The van der Waals surface area contributed by atoms with Crippen molar-refractivity contribution in [3.05, 3.63) is 40.4 Å². The van der Waals surface area contributed by atoms with Crippen molar-refractivity contribution in [2.75, 3.05) is 44.4 Å². The van der Waals surface area contributed by atoms with Crippen molar-refractivity contribution >= 4 is 60.7 Å². The highest BCUT2D eigenvalue weighted by molar-refractivity contribution is 7.23. The highest BCUT2D eigenvalue weighted by atomic mass is 35.5. The summed E-state index contributed by atoms with van der Waals surface area (Å²) in [4.78, 5) is 23.5. The van der Waals surface area contributed by atoms with Crippen molar-refractivity contribution in [1.29, 1.82) is 5.26 Å². The first-order valence-electron chi connectivity index (χ1n) is 15.5. The number of alkyl halides is 1. The van der Waals surface area contributed by atoms with E-state index < -0.39 is 28.8 Å². The molecule has 5 fully saturated rings. The van der Waals surface area contributed by atoms with Gasteiger partial charge in [-0.05, 0) is 61.8 Å². The van der Waals surface area contributed by atoms with Gasteiger partial charge in [0.05, 0.1) is 33.3 Å². The molecule has 2 aromatic heterocycles. The fourth-order valence-electron chi connectivity index (χ4n) is 8.67. The Kier molecular flexibility index (Phi) is 6.85. The molecule has 4 aromatic rings. The van der Waals surface area contributed by atoms with Crippen LogP contribution in [0.2, 0.25) is 5.02 Å². The lowest BCUT2D eigenvalue weighted by molar-refractivity contribution is -0.220. The van der Waals surface area contributed by atoms with Crippen molar-refractivity contribution in [3.8, 4) is 23.2 Å². The Morgan fingerprint density at radius 2 is 2.09 bits per heavy atom. The van der Waals surface area contributed by atoms with Crippen LogP contribution in [0.15, 0.2) is 18.2 Å². The molecular weight excluding hydrogens is 653 g/mol. The first-order chi connectivity index (χ1) is 22.5. The molecule has 4 heterocycles. The van der Waals surface area contributed by atoms with Gasteiger partial charge in [-0.1, -0.05) is 17.7 Å². The first-order valence-corrected chi connectivity index (χ1v) is 16.7. The standard InChI is InChI=1S/C33H30ClF3N6O3S/c1-45-29(44)32-11-31(12-32,13-32)14-40-28-18-7-20(34)23(17-3-4-21(36)26-22(17)19(9-38)27(39)47-26)24(37)25(18)41-30(42-28)46-15-33-5-2-6-43(33)10-16(35)8-33/h3-4,7,16H,2,5-6,8,10-15,39H2,1H3,(H,40,41,42)/t16-,31?,32?,33+/m1/s1. The molecule has 0 unspecified atom stereocenters. The highest BCUT2D eigenvalue weighted by Crippen LogP contribution is 2.73. The van der Waals surface area contributed by atoms with Crippen LogP contribution in [0.25, 0.3) is 32.1 Å². The number of carbonyl (C=O) groups is 1. The molecule has 3 N–H and O–H groups in total. The number of benzene rings is 2. The highest BCUT2D eigenvalue weighted by Gasteiger charge is 2.72. The zero-order valence-electron chi connectivity index (χ0n) is 25.4. The molecular formula is C33H30ClF3N6O3S. The van der Waals surface area contributed by atoms with E-state index in [9.17, 15) is 18.8 Å². The second-order valence-electron chi connectivity index (χ2n) is 13.6. The van der Waals surface area contributed by atoms with Gasteiger partial charge in [-0.15, -0.1) is 11.3 Å². The zero-order chi connectivity index (χ0) is 32.9. The Labute approximate surface area is 276 Å². The fraction of sp³-hybridized carbons (Fsp3) is 0.455. The number of hydrogen-bond donors (Lipinski definition) is 2. The number of thiophene rings is 1. The minimum Gasteiger partial charge on any atom is -0.469 e. The summed E-state index contributed by atoms with van der Waals surface area (Å²) in [6, 6.07) is 6.03. The second kappa shape index (κ2) is 10.6. The van der Waals surface area contributed by atoms with Gasteiger partial charge in [0.25, 0.3) is 0 Å². The number of nitrogens with zero attached hydrogens (tertiary/aromatic N) is 4. The summed E-state index contributed by atoms with van der Waals surface area (Å²) < 4.78 is 57.3. The third kappa shape index (κ3) is 4.48. The number of nitriles is 1. The second-order valence-corrected chi connectivity index (χ2v) is 15.0. The SMILES string of the molecule is COC(=O)C12CC(CNc3nc(OC[C@@]45CCCN4C[C@H](F)C5)nc4c(F)c(-c5ccc(F)c6sc(N)c(C#N)c56)c(Cl)cc34)(C1)C2. The van der Waals surface area contributed by atoms with E-state index in [0.29, 0.717) is 50.0 Å². The number of hydrogen-bond acceptors (Lipinski definition) is 10. The number of nitrogens with two attached hydrogens (primary N) is 1. The van der Waals surface area contributed by atoms with Gasteiger partial charge in [0.1, 0.15) is 41.0 Å². The summed E-state index contributed by atoms with van der Waals surface area (Å²) >= 11 is 7.68. The predicted octanol–water partition coefficient (Wildman–Crippen LogP) is 6.61. The van der Waals surface area contributed by atoms with Crippen molar-refractivity contribution in [2.24, 2.45) is 10.8 Å². The number of carbonyl (C=O) groups excluding carboxylic acids is 1. The normalized spacial score (nSPS) is 27.7. The van der Waals surface area contributed by atoms with Crippen LogP contribution in [0.4, 0.5) is 24.0 Å². The van der Waals surface area contributed by atoms with Gasteiger partial charge in [-0.3, -0.25) is 9.69 Å². The molecule has 0 radical (unpaired) electrons. The van der Waals surface area contributed by atoms with Crippen LogP contribution >= 0.6 is 22.9 Å². The summed E-state index contributed by atoms with van der Waals surface area (Å²) in [6.07, 6.45) is 3.14. The third-order valence-corrected chi connectivity index (χ3v) is 12.0. The van der Waals surface area contributed by atoms with E-state index in [2.05, 4.69) is 20.2 Å². The van der Waals surface area contributed by atoms with Gasteiger partial charge in [-0.2, -0.15) is 15.2 Å². The average Bonchev–Trinajstić information content (AvgIpc) is 3.65. The Morgan fingerprint density at radius 1 is 1.30 bits per heavy atom. The molecule has 3 saturated carbocycles. The van der Waals surface area contributed by atoms with Gasteiger partial charge in [0.2, 0.25) is 0 Å². The van der Waals surface area contributed by atoms with Gasteiger partial charge < -0.3 is 20.5 Å². The maximum Gasteiger partial charge on any atom is 0.319 e. The number of ether oxygens (including phenoxy) is 2. The van der Waals surface area contributed by atoms with Gasteiger partial charge in [0, 0.05) is 35.8 Å². The van der Waals surface area contributed by atoms with Crippen LogP contribution in [-0.4, -0.2) is 65.9 Å². The van der Waals surface area contributed by atoms with Gasteiger partial charge >= 0.3 is 12.0 Å². The molecule has 0 amide bonds. The number of nitrogens with one attached hydrogen (secondary N) is 1. The number of anilines is 2. The van der Waals surface area contributed by atoms with E-state index in [-0.39, 0.29) is 66.3 Å². The Hall–Kier alpha value is -3.86. The van der Waals surface area contributed by atoms with E-state index in [1.54, 1.807) is 6.07 Å². The number of methoxy groups -OCH3 is 1. The van der Waals surface area contributed by atoms with Crippen LogP contribution in [0, 0.1) is 33.8 Å². The molecule has 47 heavy (non-hydrogen) atoms. The number of esters is 1. The van der Waals surface area contributed by atoms with Gasteiger partial charge in [-0.25, -0.2) is 13.2 Å². The summed E-state index contributed by atoms with van der Waals surface area (Å²) in [5.41, 5.74) is 5.10. The fourth-order valence-corrected chi connectivity index (χ4v) is 9.91. The maximum absolute atomic E-state index is 16.8. The molecule has 244 valence electrons. The predicted molar refractivity (Wildman–Crippen MR) is 172 cm³/mol. The van der Waals surface area contributed by atoms with Crippen LogP contribution in [0.5, 0.6) is 6.01 Å². The average molecular weight is 683 g/mol. The first kappa shape index (κ1) is 30.5. The van der Waals surface area contributed by atoms with Crippen molar-refractivity contribution in [2.45, 2.75) is 50.2 Å². The van der Waals surface area contributed by atoms with Crippen molar-refractivity contribution in [3.63, 3.8) is 0 Å². The third-order valence-electron chi connectivity index (χ3n) is 10.7. The number of aromatic nitrogens is 2. The largest absolute Gasteiger partial charge is 0.469 e. The van der Waals surface area contributed by atoms with Crippen molar-refractivity contribution in [1.82, 2.24) is 14.9 Å². The topological polar surface area (TPSA) is 126 Å². The molecule has 9 rings (SSSR count). The molecule has 3 aliphatic carbocycles. The van der Waals surface area contributed by atoms with Crippen molar-refractivity contribution < 1.29 is 27.4 Å². The number of halogens is 4. The van der Waals surface area contributed by atoms with Crippen LogP contribution in [0.3, 0.4) is 0 Å². The zero-order valence-corrected chi connectivity index (χ0v) is 27.0. The van der Waals surface area contributed by atoms with E-state index >= 15 is 4.39 Å². The lowest BCUT2D eigenvalue weighted by Gasteiger charge is -2.68. The quantitative estimate of drug-likeness (QED) is 0.198. The Bertz CT molecular complexity index is 2030. The molecule has 2 aliphatic heterocycles. The lowest BCUT2D eigenvalue weighted by Crippen LogP contribution is -2.67. The summed E-state index contributed by atoms with van der Waals surface area (Å²) in [6.45, 7) is 1.75. The van der Waals surface area contributed by atoms with Crippen LogP contribution in [0.1, 0.15) is 44.1 Å². The molecule has 5 aliphatic rings. The Balaban J connectivity index is 1.21. The monoisotopic (exact) mass is 682 g/mol. The van der Waals surface area contributed by atoms with Crippen LogP contribution < -0.4 is 15.8 Å². The van der Waals surface area contributed by atoms with E-state index in [1.165, 1.54) is 19.2 Å². The molecule has 2 atom stereocenters. The molecule has 14 heteroatoms. The van der Waals surface area contributed by atoms with E-state index in [0.717, 1.165) is 30.7 Å². The molecule has 2 bridgehead atoms. The minimum atomic E-state index is -0.950. The molecule has 9 nitrogen and oxygen atoms in total.